The Hall–Kier alpha value is -4.12. The summed E-state index contributed by atoms with van der Waals surface area (Å²) in [5.74, 6) is -0.305. The molecular weight excluding hydrogens is 410 g/mol. The maximum atomic E-state index is 13.1. The van der Waals surface area contributed by atoms with Crippen molar-refractivity contribution in [2.24, 2.45) is 0 Å². The number of rotatable bonds is 5. The van der Waals surface area contributed by atoms with E-state index in [4.69, 9.17) is 0 Å². The summed E-state index contributed by atoms with van der Waals surface area (Å²) in [6, 6.07) is 25.9. The molecule has 5 rings (SSSR count). The second kappa shape index (κ2) is 8.43. The molecule has 0 bridgehead atoms. The lowest BCUT2D eigenvalue weighted by Crippen LogP contribution is -2.30. The summed E-state index contributed by atoms with van der Waals surface area (Å²) in [5, 5.41) is 3.83. The fourth-order valence-electron chi connectivity index (χ4n) is 4.46. The number of nitrogens with one attached hydrogen (secondary N) is 1. The van der Waals surface area contributed by atoms with Gasteiger partial charge < -0.3 is 9.88 Å². The molecule has 1 aliphatic heterocycles. The van der Waals surface area contributed by atoms with Gasteiger partial charge in [-0.25, -0.2) is 4.79 Å². The average molecular weight is 436 g/mol. The third-order valence-electron chi connectivity index (χ3n) is 6.14. The molecule has 33 heavy (non-hydrogen) atoms. The molecule has 0 atom stereocenters. The number of carbonyl (C=O) groups excluding carboxylic acids is 2. The van der Waals surface area contributed by atoms with Crippen LogP contribution in [0.15, 0.2) is 84.6 Å². The third kappa shape index (κ3) is 3.94. The zero-order chi connectivity index (χ0) is 22.9. The minimum Gasteiger partial charge on any atom is -0.340 e. The van der Waals surface area contributed by atoms with Crippen molar-refractivity contribution in [3.63, 3.8) is 0 Å². The number of imide groups is 1. The Balaban J connectivity index is 1.51. The molecule has 4 aromatic rings. The molecule has 1 N–H and O–H groups in total. The summed E-state index contributed by atoms with van der Waals surface area (Å²) >= 11 is 0. The molecule has 5 heteroatoms. The molecule has 0 aliphatic carbocycles. The first-order chi connectivity index (χ1) is 16.0. The van der Waals surface area contributed by atoms with Crippen molar-refractivity contribution < 1.29 is 9.59 Å². The monoisotopic (exact) mass is 435 g/mol. The van der Waals surface area contributed by atoms with Gasteiger partial charge in [-0.15, -0.1) is 0 Å². The van der Waals surface area contributed by atoms with E-state index in [-0.39, 0.29) is 12.5 Å². The predicted octanol–water partition coefficient (Wildman–Crippen LogP) is 5.40. The summed E-state index contributed by atoms with van der Waals surface area (Å²) in [5.41, 5.74) is 6.62. The maximum Gasteiger partial charge on any atom is 0.329 e. The van der Waals surface area contributed by atoms with Gasteiger partial charge in [0, 0.05) is 28.7 Å². The van der Waals surface area contributed by atoms with Crippen molar-refractivity contribution in [3.8, 4) is 0 Å². The molecule has 1 aliphatic rings. The number of hydrogen-bond acceptors (Lipinski definition) is 2. The number of amides is 3. The van der Waals surface area contributed by atoms with E-state index < -0.39 is 6.03 Å². The first-order valence-corrected chi connectivity index (χ1v) is 11.0. The van der Waals surface area contributed by atoms with E-state index in [0.29, 0.717) is 5.70 Å². The number of fused-ring (bicyclic) bond motifs is 1. The second-order valence-corrected chi connectivity index (χ2v) is 8.46. The lowest BCUT2D eigenvalue weighted by Gasteiger charge is -2.12. The number of benzene rings is 3. The molecule has 0 saturated carbocycles. The standard InChI is InChI=1S/C28H25N3O2/c1-19-9-8-12-22(15-19)18-31-27(32)25(29-28(31)33)16-24-20(2)30(17-21-10-4-3-5-11-21)26-14-7-6-13-23(24)26/h3-16H,17-18H2,1-2H3,(H,29,33)/b25-16+. The fraction of sp³-hybridized carbons (Fsp3) is 0.143. The Kier molecular flexibility index (Phi) is 5.31. The zero-order valence-electron chi connectivity index (χ0n) is 18.7. The van der Waals surface area contributed by atoms with Crippen molar-refractivity contribution >= 4 is 28.9 Å². The van der Waals surface area contributed by atoms with Crippen LogP contribution >= 0.6 is 0 Å². The minimum absolute atomic E-state index is 0.248. The van der Waals surface area contributed by atoms with E-state index >= 15 is 0 Å². The van der Waals surface area contributed by atoms with Crippen LogP contribution in [0.1, 0.15) is 27.9 Å². The van der Waals surface area contributed by atoms with Gasteiger partial charge in [0.2, 0.25) is 0 Å². The summed E-state index contributed by atoms with van der Waals surface area (Å²) in [4.78, 5) is 27.0. The van der Waals surface area contributed by atoms with Crippen molar-refractivity contribution in [2.45, 2.75) is 26.9 Å². The smallest absolute Gasteiger partial charge is 0.329 e. The summed E-state index contributed by atoms with van der Waals surface area (Å²) in [6.07, 6.45) is 1.82. The highest BCUT2D eigenvalue weighted by molar-refractivity contribution is 6.14. The van der Waals surface area contributed by atoms with E-state index in [1.165, 1.54) is 10.5 Å². The molecule has 164 valence electrons. The molecule has 2 heterocycles. The van der Waals surface area contributed by atoms with Gasteiger partial charge in [-0.3, -0.25) is 9.69 Å². The van der Waals surface area contributed by atoms with Gasteiger partial charge in [-0.05, 0) is 37.1 Å². The molecule has 3 amide bonds. The van der Waals surface area contributed by atoms with Crippen LogP contribution in [0.5, 0.6) is 0 Å². The van der Waals surface area contributed by atoms with Gasteiger partial charge in [0.15, 0.2) is 0 Å². The lowest BCUT2D eigenvalue weighted by atomic mass is 10.1. The van der Waals surface area contributed by atoms with Crippen LogP contribution in [-0.4, -0.2) is 21.4 Å². The van der Waals surface area contributed by atoms with E-state index in [9.17, 15) is 9.59 Å². The van der Waals surface area contributed by atoms with Crippen molar-refractivity contribution in [2.75, 3.05) is 0 Å². The molecule has 5 nitrogen and oxygen atoms in total. The summed E-state index contributed by atoms with van der Waals surface area (Å²) < 4.78 is 2.25. The highest BCUT2D eigenvalue weighted by Gasteiger charge is 2.34. The average Bonchev–Trinajstić information content (AvgIpc) is 3.23. The van der Waals surface area contributed by atoms with E-state index in [1.807, 2.05) is 67.6 Å². The van der Waals surface area contributed by atoms with Gasteiger partial charge in [0.1, 0.15) is 5.70 Å². The van der Waals surface area contributed by atoms with Crippen LogP contribution in [0, 0.1) is 13.8 Å². The molecule has 0 radical (unpaired) electrons. The fourth-order valence-corrected chi connectivity index (χ4v) is 4.46. The van der Waals surface area contributed by atoms with Crippen LogP contribution in [0.4, 0.5) is 4.79 Å². The molecule has 0 unspecified atom stereocenters. The normalized spacial score (nSPS) is 15.0. The molecule has 3 aromatic carbocycles. The maximum absolute atomic E-state index is 13.1. The van der Waals surface area contributed by atoms with E-state index in [0.717, 1.165) is 39.8 Å². The van der Waals surface area contributed by atoms with E-state index in [1.54, 1.807) is 0 Å². The number of carbonyl (C=O) groups is 2. The molecule has 1 fully saturated rings. The van der Waals surface area contributed by atoms with Crippen molar-refractivity contribution in [1.29, 1.82) is 0 Å². The van der Waals surface area contributed by atoms with Gasteiger partial charge in [0.05, 0.1) is 6.54 Å². The Morgan fingerprint density at radius 2 is 1.55 bits per heavy atom. The van der Waals surface area contributed by atoms with Crippen LogP contribution in [-0.2, 0) is 17.9 Å². The quantitative estimate of drug-likeness (QED) is 0.337. The van der Waals surface area contributed by atoms with Gasteiger partial charge in [-0.2, -0.15) is 0 Å². The number of urea groups is 1. The van der Waals surface area contributed by atoms with Gasteiger partial charge >= 0.3 is 6.03 Å². The number of hydrogen-bond donors (Lipinski definition) is 1. The Labute approximate surface area is 193 Å². The molecule has 1 aromatic heterocycles. The van der Waals surface area contributed by atoms with Gasteiger partial charge in [-0.1, -0.05) is 78.4 Å². The first-order valence-electron chi connectivity index (χ1n) is 11.0. The van der Waals surface area contributed by atoms with Crippen molar-refractivity contribution in [1.82, 2.24) is 14.8 Å². The third-order valence-corrected chi connectivity index (χ3v) is 6.14. The van der Waals surface area contributed by atoms with Crippen LogP contribution in [0.2, 0.25) is 0 Å². The second-order valence-electron chi connectivity index (χ2n) is 8.46. The largest absolute Gasteiger partial charge is 0.340 e. The highest BCUT2D eigenvalue weighted by Crippen LogP contribution is 2.29. The van der Waals surface area contributed by atoms with Crippen molar-refractivity contribution in [3.05, 3.63) is 113 Å². The number of para-hydroxylation sites is 1. The van der Waals surface area contributed by atoms with Crippen LogP contribution in [0.3, 0.4) is 0 Å². The lowest BCUT2D eigenvalue weighted by molar-refractivity contribution is -0.123. The number of aryl methyl sites for hydroxylation is 1. The Morgan fingerprint density at radius 3 is 2.33 bits per heavy atom. The molecule has 0 spiro atoms. The topological polar surface area (TPSA) is 54.3 Å². The summed E-state index contributed by atoms with van der Waals surface area (Å²) in [6.45, 7) is 5.03. The number of nitrogens with zero attached hydrogens (tertiary/aromatic N) is 2. The van der Waals surface area contributed by atoms with Gasteiger partial charge in [0.25, 0.3) is 5.91 Å². The zero-order valence-corrected chi connectivity index (χ0v) is 18.7. The Morgan fingerprint density at radius 1 is 0.818 bits per heavy atom. The summed E-state index contributed by atoms with van der Waals surface area (Å²) in [7, 11) is 0. The first kappa shape index (κ1) is 20.8. The highest BCUT2D eigenvalue weighted by atomic mass is 16.2. The predicted molar refractivity (Wildman–Crippen MR) is 130 cm³/mol. The molecule has 1 saturated heterocycles. The molecular formula is C28H25N3O2. The Bertz CT molecular complexity index is 1400. The van der Waals surface area contributed by atoms with Crippen LogP contribution in [0.25, 0.3) is 17.0 Å². The minimum atomic E-state index is -0.390. The number of aromatic nitrogens is 1. The van der Waals surface area contributed by atoms with E-state index in [2.05, 4.69) is 41.1 Å². The van der Waals surface area contributed by atoms with Crippen LogP contribution < -0.4 is 5.32 Å². The SMILES string of the molecule is Cc1cccc(CN2C(=O)N/C(=C/c3c(C)n(Cc4ccccc4)c4ccccc34)C2=O)c1.